The van der Waals surface area contributed by atoms with Crippen LogP contribution in [0.3, 0.4) is 0 Å². The van der Waals surface area contributed by atoms with Crippen LogP contribution in [0.2, 0.25) is 0 Å². The second-order valence-electron chi connectivity index (χ2n) is 15.6. The highest BCUT2D eigenvalue weighted by molar-refractivity contribution is 7.25. The summed E-state index contributed by atoms with van der Waals surface area (Å²) in [6.45, 7) is 0. The number of hydrogen-bond donors (Lipinski definition) is 0. The van der Waals surface area contributed by atoms with Gasteiger partial charge in [0.2, 0.25) is 0 Å². The van der Waals surface area contributed by atoms with Crippen LogP contribution in [-0.4, -0.2) is 19.6 Å². The Morgan fingerprint density at radius 2 is 0.919 bits per heavy atom. The van der Waals surface area contributed by atoms with Crippen molar-refractivity contribution in [2.45, 2.75) is 0 Å². The fourth-order valence-corrected chi connectivity index (χ4v) is 9.89. The van der Waals surface area contributed by atoms with E-state index in [4.69, 9.17) is 15.1 Å². The lowest BCUT2D eigenvalue weighted by atomic mass is 9.97. The largest absolute Gasteiger partial charge is 0.231 e. The SMILES string of the molecule is c1ccc(-c2cc(-c3ccc(-c4ccc5sc6ccccc6c5c4)cc3)nc(-c3cccc(-c4cc5ccccc5c5c(-c6ccccc6)c(-c6ccccc6)nn45)c3)n2)cc1. The molecule has 8 aromatic carbocycles. The van der Waals surface area contributed by atoms with Crippen LogP contribution < -0.4 is 0 Å². The Bertz CT molecular complexity index is 3610. The van der Waals surface area contributed by atoms with Crippen LogP contribution in [0.5, 0.6) is 0 Å². The molecule has 12 aromatic rings. The molecule has 0 atom stereocenters. The van der Waals surface area contributed by atoms with Gasteiger partial charge in [0.05, 0.1) is 22.6 Å². The quantitative estimate of drug-likeness (QED) is 0.161. The Morgan fingerprint density at radius 1 is 0.355 bits per heavy atom. The van der Waals surface area contributed by atoms with E-state index >= 15 is 0 Å². The lowest BCUT2D eigenvalue weighted by Crippen LogP contribution is -1.98. The summed E-state index contributed by atoms with van der Waals surface area (Å²) in [5.74, 6) is 0.662. The van der Waals surface area contributed by atoms with Crippen molar-refractivity contribution >= 4 is 47.8 Å². The van der Waals surface area contributed by atoms with Crippen molar-refractivity contribution in [3.8, 4) is 78.7 Å². The molecule has 0 unspecified atom stereocenters. The van der Waals surface area contributed by atoms with Crippen LogP contribution in [0, 0.1) is 0 Å². The highest BCUT2D eigenvalue weighted by Gasteiger charge is 2.22. The van der Waals surface area contributed by atoms with Gasteiger partial charge in [-0.3, -0.25) is 0 Å². The molecule has 0 fully saturated rings. The Hall–Kier alpha value is -7.99. The second kappa shape index (κ2) is 14.9. The van der Waals surface area contributed by atoms with E-state index < -0.39 is 0 Å². The summed E-state index contributed by atoms with van der Waals surface area (Å²) in [5.41, 5.74) is 14.4. The van der Waals surface area contributed by atoms with Crippen LogP contribution in [0.25, 0.3) is 115 Å². The molecule has 0 radical (unpaired) electrons. The third-order valence-corrected chi connectivity index (χ3v) is 13.0. The Kier molecular flexibility index (Phi) is 8.65. The molecule has 0 spiro atoms. The summed E-state index contributed by atoms with van der Waals surface area (Å²) in [4.78, 5) is 10.5. The van der Waals surface area contributed by atoms with Crippen molar-refractivity contribution in [1.82, 2.24) is 19.6 Å². The number of nitrogens with zero attached hydrogens (tertiary/aromatic N) is 4. The third kappa shape index (κ3) is 6.26. The number of fused-ring (bicyclic) bond motifs is 6. The van der Waals surface area contributed by atoms with Crippen molar-refractivity contribution in [3.63, 3.8) is 0 Å². The summed E-state index contributed by atoms with van der Waals surface area (Å²) in [7, 11) is 0. The maximum Gasteiger partial charge on any atom is 0.160 e. The van der Waals surface area contributed by atoms with E-state index in [1.54, 1.807) is 0 Å². The van der Waals surface area contributed by atoms with E-state index in [-0.39, 0.29) is 0 Å². The number of thiophene rings is 1. The third-order valence-electron chi connectivity index (χ3n) is 11.8. The normalized spacial score (nSPS) is 11.5. The summed E-state index contributed by atoms with van der Waals surface area (Å²) in [5, 5.41) is 10.3. The number of aromatic nitrogens is 4. The average molecular weight is 809 g/mol. The molecule has 0 bridgehead atoms. The summed E-state index contributed by atoms with van der Waals surface area (Å²) >= 11 is 1.85. The molecule has 4 heterocycles. The van der Waals surface area contributed by atoms with Crippen LogP contribution in [-0.2, 0) is 0 Å². The Labute approximate surface area is 362 Å². The molecule has 62 heavy (non-hydrogen) atoms. The molecular formula is C57H36N4S. The molecule has 0 saturated carbocycles. The minimum atomic E-state index is 0.662. The molecule has 0 N–H and O–H groups in total. The van der Waals surface area contributed by atoms with E-state index in [1.807, 2.05) is 17.4 Å². The minimum absolute atomic E-state index is 0.662. The van der Waals surface area contributed by atoms with Crippen molar-refractivity contribution in [1.29, 1.82) is 0 Å². The highest BCUT2D eigenvalue weighted by atomic mass is 32.1. The molecule has 4 aromatic heterocycles. The second-order valence-corrected chi connectivity index (χ2v) is 16.7. The maximum atomic E-state index is 5.44. The molecule has 290 valence electrons. The highest BCUT2D eigenvalue weighted by Crippen LogP contribution is 2.42. The molecule has 0 aliphatic heterocycles. The first-order valence-electron chi connectivity index (χ1n) is 20.8. The summed E-state index contributed by atoms with van der Waals surface area (Å²) < 4.78 is 4.76. The first-order valence-corrected chi connectivity index (χ1v) is 21.7. The summed E-state index contributed by atoms with van der Waals surface area (Å²) in [6, 6.07) is 77.3. The van der Waals surface area contributed by atoms with E-state index in [9.17, 15) is 0 Å². The molecule has 12 rings (SSSR count). The van der Waals surface area contributed by atoms with E-state index in [1.165, 1.54) is 31.3 Å². The first-order chi connectivity index (χ1) is 30.7. The Morgan fingerprint density at radius 3 is 1.68 bits per heavy atom. The molecule has 0 aliphatic carbocycles. The number of hydrogen-bond acceptors (Lipinski definition) is 4. The zero-order valence-corrected chi connectivity index (χ0v) is 34.3. The predicted molar refractivity (Wildman–Crippen MR) is 259 cm³/mol. The molecule has 5 heteroatoms. The van der Waals surface area contributed by atoms with Gasteiger partial charge in [0.1, 0.15) is 5.69 Å². The van der Waals surface area contributed by atoms with E-state index in [2.05, 4.69) is 217 Å². The molecular weight excluding hydrogens is 773 g/mol. The van der Waals surface area contributed by atoms with E-state index in [0.717, 1.165) is 78.0 Å². The van der Waals surface area contributed by atoms with Gasteiger partial charge in [-0.15, -0.1) is 11.3 Å². The van der Waals surface area contributed by atoms with Crippen molar-refractivity contribution < 1.29 is 0 Å². The van der Waals surface area contributed by atoms with Crippen molar-refractivity contribution in [3.05, 3.63) is 218 Å². The number of pyridine rings is 1. The van der Waals surface area contributed by atoms with Gasteiger partial charge >= 0.3 is 0 Å². The van der Waals surface area contributed by atoms with Gasteiger partial charge in [-0.25, -0.2) is 14.5 Å². The monoisotopic (exact) mass is 808 g/mol. The maximum absolute atomic E-state index is 5.44. The van der Waals surface area contributed by atoms with E-state index in [0.29, 0.717) is 5.82 Å². The molecule has 4 nitrogen and oxygen atoms in total. The van der Waals surface area contributed by atoms with Gasteiger partial charge in [-0.2, -0.15) is 5.10 Å². The van der Waals surface area contributed by atoms with Gasteiger partial charge in [0.25, 0.3) is 0 Å². The lowest BCUT2D eigenvalue weighted by Gasteiger charge is -2.13. The number of rotatable bonds is 7. The van der Waals surface area contributed by atoms with Gasteiger partial charge in [-0.1, -0.05) is 182 Å². The van der Waals surface area contributed by atoms with Crippen LogP contribution >= 0.6 is 11.3 Å². The van der Waals surface area contributed by atoms with Crippen molar-refractivity contribution in [2.24, 2.45) is 0 Å². The molecule has 0 saturated heterocycles. The van der Waals surface area contributed by atoms with Gasteiger partial charge < -0.3 is 0 Å². The topological polar surface area (TPSA) is 43.1 Å². The van der Waals surface area contributed by atoms with Gasteiger partial charge in [0.15, 0.2) is 5.82 Å². The predicted octanol–water partition coefficient (Wildman–Crippen LogP) is 15.3. The average Bonchev–Trinajstić information content (AvgIpc) is 3.94. The summed E-state index contributed by atoms with van der Waals surface area (Å²) in [6.07, 6.45) is 0. The molecule has 0 aliphatic rings. The minimum Gasteiger partial charge on any atom is -0.231 e. The zero-order chi connectivity index (χ0) is 41.0. The standard InChI is InChI=1S/C57H36N4S/c1-4-15-38(16-5-1)49-36-50(39-29-27-37(28-30-39)42-31-32-53-48(34-42)47-25-12-13-26-52(47)62-53)59-57(58-49)45-23-14-22-44(33-45)51-35-43-21-10-11-24-46(43)56-54(40-17-6-2-7-18-40)55(60-61(51)56)41-19-8-3-9-20-41/h1-36H. The smallest absolute Gasteiger partial charge is 0.160 e. The van der Waals surface area contributed by atoms with Crippen LogP contribution in [0.15, 0.2) is 218 Å². The number of benzene rings is 8. The zero-order valence-electron chi connectivity index (χ0n) is 33.5. The lowest BCUT2D eigenvalue weighted by molar-refractivity contribution is 0.979. The van der Waals surface area contributed by atoms with Gasteiger partial charge in [0, 0.05) is 58.9 Å². The van der Waals surface area contributed by atoms with Crippen LogP contribution in [0.1, 0.15) is 0 Å². The van der Waals surface area contributed by atoms with Crippen LogP contribution in [0.4, 0.5) is 0 Å². The first kappa shape index (κ1) is 35.9. The fraction of sp³-hybridized carbons (Fsp3) is 0. The Balaban J connectivity index is 0.995. The van der Waals surface area contributed by atoms with Crippen molar-refractivity contribution in [2.75, 3.05) is 0 Å². The fourth-order valence-electron chi connectivity index (χ4n) is 8.81. The van der Waals surface area contributed by atoms with Gasteiger partial charge in [-0.05, 0) is 58.5 Å². The molecule has 0 amide bonds.